The van der Waals surface area contributed by atoms with E-state index in [9.17, 15) is 9.90 Å². The number of carbonyl (C=O) groups excluding carboxylic acids is 1. The van der Waals surface area contributed by atoms with E-state index in [1.807, 2.05) is 12.1 Å². The number of carbonyl (C=O) groups is 1. The predicted octanol–water partition coefficient (Wildman–Crippen LogP) is 1.47. The fourth-order valence-electron chi connectivity index (χ4n) is 3.91. The monoisotopic (exact) mass is 332 g/mol. The van der Waals surface area contributed by atoms with E-state index in [2.05, 4.69) is 29.3 Å². The van der Waals surface area contributed by atoms with Crippen molar-refractivity contribution >= 4 is 5.91 Å². The molecule has 0 aromatic heterocycles. The topological polar surface area (TPSA) is 61.8 Å². The summed E-state index contributed by atoms with van der Waals surface area (Å²) in [5.74, 6) is 0.181. The van der Waals surface area contributed by atoms with Crippen LogP contribution in [0.4, 0.5) is 0 Å². The molecule has 0 unspecified atom stereocenters. The van der Waals surface area contributed by atoms with Crippen molar-refractivity contribution in [2.45, 2.75) is 44.9 Å². The molecule has 0 saturated carbocycles. The Morgan fingerprint density at radius 3 is 3.08 bits per heavy atom. The number of ether oxygens (including phenoxy) is 1. The number of likely N-dealkylation sites (tertiary alicyclic amines) is 1. The molecule has 24 heavy (non-hydrogen) atoms. The molecule has 0 aliphatic carbocycles. The van der Waals surface area contributed by atoms with Gasteiger partial charge in [0.25, 0.3) is 0 Å². The first kappa shape index (κ1) is 17.4. The lowest BCUT2D eigenvalue weighted by atomic mass is 9.89. The van der Waals surface area contributed by atoms with Crippen molar-refractivity contribution in [2.24, 2.45) is 5.92 Å². The van der Waals surface area contributed by atoms with E-state index in [0.717, 1.165) is 24.9 Å². The van der Waals surface area contributed by atoms with Crippen molar-refractivity contribution in [1.82, 2.24) is 10.2 Å². The zero-order valence-electron chi connectivity index (χ0n) is 14.4. The highest BCUT2D eigenvalue weighted by Crippen LogP contribution is 2.29. The number of hydrogen-bond donors (Lipinski definition) is 2. The lowest BCUT2D eigenvalue weighted by molar-refractivity contribution is -0.124. The van der Waals surface area contributed by atoms with Crippen molar-refractivity contribution in [1.29, 1.82) is 0 Å². The summed E-state index contributed by atoms with van der Waals surface area (Å²) in [6, 6.07) is 8.44. The van der Waals surface area contributed by atoms with E-state index in [-0.39, 0.29) is 24.0 Å². The van der Waals surface area contributed by atoms with Gasteiger partial charge in [-0.3, -0.25) is 9.69 Å². The summed E-state index contributed by atoms with van der Waals surface area (Å²) in [7, 11) is 0. The maximum Gasteiger partial charge on any atom is 0.234 e. The van der Waals surface area contributed by atoms with Gasteiger partial charge < -0.3 is 15.2 Å². The van der Waals surface area contributed by atoms with Gasteiger partial charge in [-0.2, -0.15) is 0 Å². The second-order valence-electron chi connectivity index (χ2n) is 7.04. The third kappa shape index (κ3) is 4.35. The van der Waals surface area contributed by atoms with Crippen LogP contribution in [0.5, 0.6) is 0 Å². The average Bonchev–Trinajstić information content (AvgIpc) is 3.01. The minimum atomic E-state index is -0.306. The van der Waals surface area contributed by atoms with Crippen LogP contribution in [0.3, 0.4) is 0 Å². The maximum atomic E-state index is 12.3. The van der Waals surface area contributed by atoms with Gasteiger partial charge in [0.15, 0.2) is 0 Å². The first-order valence-electron chi connectivity index (χ1n) is 8.95. The van der Waals surface area contributed by atoms with E-state index in [0.29, 0.717) is 32.7 Å². The Bertz CT molecular complexity index is 563. The average molecular weight is 332 g/mol. The van der Waals surface area contributed by atoms with Gasteiger partial charge in [0, 0.05) is 25.1 Å². The highest BCUT2D eigenvalue weighted by atomic mass is 16.5. The smallest absolute Gasteiger partial charge is 0.234 e. The summed E-state index contributed by atoms with van der Waals surface area (Å²) in [4.78, 5) is 14.5. The van der Waals surface area contributed by atoms with Crippen LogP contribution in [0.15, 0.2) is 24.3 Å². The molecule has 2 saturated heterocycles. The highest BCUT2D eigenvalue weighted by molar-refractivity contribution is 5.78. The summed E-state index contributed by atoms with van der Waals surface area (Å²) in [6.45, 7) is 5.19. The Hall–Kier alpha value is -1.43. The van der Waals surface area contributed by atoms with E-state index in [1.54, 1.807) is 0 Å². The summed E-state index contributed by atoms with van der Waals surface area (Å²) < 4.78 is 5.55. The zero-order chi connectivity index (χ0) is 16.9. The predicted molar refractivity (Wildman–Crippen MR) is 92.6 cm³/mol. The number of aliphatic hydroxyl groups is 1. The standard InChI is InChI=1S/C19H28N2O3/c1-14-4-2-5-15(10-14)11-20-19(23)12-21-8-3-6-17(21)16-13-24-9-7-18(16)22/h2,4-5,10,16-18,22H,3,6-9,11-13H2,1H3,(H,20,23)/t16-,17-,18-/m1/s1. The zero-order valence-corrected chi connectivity index (χ0v) is 14.4. The third-order valence-corrected chi connectivity index (χ3v) is 5.19. The number of benzene rings is 1. The third-order valence-electron chi connectivity index (χ3n) is 5.19. The quantitative estimate of drug-likeness (QED) is 0.857. The molecule has 5 heteroatoms. The molecule has 2 N–H and O–H groups in total. The second-order valence-corrected chi connectivity index (χ2v) is 7.04. The van der Waals surface area contributed by atoms with Crippen LogP contribution >= 0.6 is 0 Å². The van der Waals surface area contributed by atoms with Gasteiger partial charge in [0.1, 0.15) is 0 Å². The largest absolute Gasteiger partial charge is 0.393 e. The number of rotatable bonds is 5. The SMILES string of the molecule is Cc1cccc(CNC(=O)CN2CCC[C@@H]2[C@H]2COCC[C@H]2O)c1. The minimum absolute atomic E-state index is 0.0506. The van der Waals surface area contributed by atoms with Gasteiger partial charge in [-0.25, -0.2) is 0 Å². The second kappa shape index (κ2) is 8.10. The number of nitrogens with zero attached hydrogens (tertiary/aromatic N) is 1. The molecule has 2 heterocycles. The molecule has 0 bridgehead atoms. The summed E-state index contributed by atoms with van der Waals surface area (Å²) in [5, 5.41) is 13.3. The number of nitrogens with one attached hydrogen (secondary N) is 1. The van der Waals surface area contributed by atoms with Crippen LogP contribution in [0.25, 0.3) is 0 Å². The number of aliphatic hydroxyl groups excluding tert-OH is 1. The van der Waals surface area contributed by atoms with Crippen molar-refractivity contribution in [3.63, 3.8) is 0 Å². The van der Waals surface area contributed by atoms with Crippen LogP contribution in [0.1, 0.15) is 30.4 Å². The maximum absolute atomic E-state index is 12.3. The Morgan fingerprint density at radius 2 is 2.29 bits per heavy atom. The number of hydrogen-bond acceptors (Lipinski definition) is 4. The molecule has 3 atom stereocenters. The molecule has 0 spiro atoms. The Morgan fingerprint density at radius 1 is 1.42 bits per heavy atom. The van der Waals surface area contributed by atoms with Gasteiger partial charge in [-0.05, 0) is 38.3 Å². The Kier molecular flexibility index (Phi) is 5.87. The molecule has 132 valence electrons. The minimum Gasteiger partial charge on any atom is -0.393 e. The highest BCUT2D eigenvalue weighted by Gasteiger charge is 2.37. The molecule has 2 aliphatic rings. The van der Waals surface area contributed by atoms with Gasteiger partial charge in [0.2, 0.25) is 5.91 Å². The lowest BCUT2D eigenvalue weighted by Crippen LogP contribution is -2.48. The van der Waals surface area contributed by atoms with E-state index in [4.69, 9.17) is 4.74 Å². The van der Waals surface area contributed by atoms with Crippen LogP contribution in [0.2, 0.25) is 0 Å². The van der Waals surface area contributed by atoms with Crippen molar-refractivity contribution in [3.05, 3.63) is 35.4 Å². The van der Waals surface area contributed by atoms with Crippen LogP contribution in [0, 0.1) is 12.8 Å². The molecule has 1 aromatic carbocycles. The van der Waals surface area contributed by atoms with E-state index < -0.39 is 0 Å². The van der Waals surface area contributed by atoms with Crippen molar-refractivity contribution in [2.75, 3.05) is 26.3 Å². The first-order valence-corrected chi connectivity index (χ1v) is 8.95. The molecular formula is C19H28N2O3. The molecule has 0 radical (unpaired) electrons. The van der Waals surface area contributed by atoms with Crippen molar-refractivity contribution in [3.8, 4) is 0 Å². The fourth-order valence-corrected chi connectivity index (χ4v) is 3.91. The van der Waals surface area contributed by atoms with Crippen LogP contribution in [-0.4, -0.2) is 54.4 Å². The van der Waals surface area contributed by atoms with E-state index >= 15 is 0 Å². The molecule has 1 aromatic rings. The van der Waals surface area contributed by atoms with Crippen LogP contribution < -0.4 is 5.32 Å². The Balaban J connectivity index is 1.51. The molecule has 2 fully saturated rings. The lowest BCUT2D eigenvalue weighted by Gasteiger charge is -2.36. The molecule has 1 amide bonds. The molecule has 2 aliphatic heterocycles. The van der Waals surface area contributed by atoms with Crippen molar-refractivity contribution < 1.29 is 14.6 Å². The van der Waals surface area contributed by atoms with Gasteiger partial charge >= 0.3 is 0 Å². The molecule has 3 rings (SSSR count). The molecule has 5 nitrogen and oxygen atoms in total. The molecular weight excluding hydrogens is 304 g/mol. The number of aryl methyl sites for hydroxylation is 1. The van der Waals surface area contributed by atoms with Gasteiger partial charge in [0.05, 0.1) is 19.3 Å². The summed E-state index contributed by atoms with van der Waals surface area (Å²) in [6.07, 6.45) is 2.52. The fraction of sp³-hybridized carbons (Fsp3) is 0.632. The summed E-state index contributed by atoms with van der Waals surface area (Å²) in [5.41, 5.74) is 2.32. The summed E-state index contributed by atoms with van der Waals surface area (Å²) >= 11 is 0. The van der Waals surface area contributed by atoms with Crippen LogP contribution in [-0.2, 0) is 16.1 Å². The first-order chi connectivity index (χ1) is 11.6. The normalized spacial score (nSPS) is 28.0. The number of amides is 1. The Labute approximate surface area is 144 Å². The van der Waals surface area contributed by atoms with E-state index in [1.165, 1.54) is 5.56 Å². The van der Waals surface area contributed by atoms with Gasteiger partial charge in [-0.15, -0.1) is 0 Å². The van der Waals surface area contributed by atoms with Gasteiger partial charge in [-0.1, -0.05) is 29.8 Å².